The first-order valence-electron chi connectivity index (χ1n) is 7.45. The van der Waals surface area contributed by atoms with Crippen molar-refractivity contribution in [3.63, 3.8) is 0 Å². The summed E-state index contributed by atoms with van der Waals surface area (Å²) in [6.45, 7) is 3.04. The highest BCUT2D eigenvalue weighted by molar-refractivity contribution is 7.78. The first-order chi connectivity index (χ1) is 11.1. The molecule has 1 aromatic rings. The lowest BCUT2D eigenvalue weighted by Gasteiger charge is -2.15. The zero-order chi connectivity index (χ0) is 17.5. The molecule has 5 nitrogen and oxygen atoms in total. The van der Waals surface area contributed by atoms with Gasteiger partial charge in [-0.05, 0) is 38.1 Å². The summed E-state index contributed by atoms with van der Waals surface area (Å²) in [6, 6.07) is 6.11. The van der Waals surface area contributed by atoms with E-state index in [1.165, 1.54) is 17.6 Å². The molecule has 0 unspecified atom stereocenters. The van der Waals surface area contributed by atoms with Crippen molar-refractivity contribution in [1.82, 2.24) is 10.6 Å². The van der Waals surface area contributed by atoms with Gasteiger partial charge in [0.2, 0.25) is 0 Å². The number of halogens is 1. The van der Waals surface area contributed by atoms with Crippen molar-refractivity contribution in [3.8, 4) is 0 Å². The van der Waals surface area contributed by atoms with Crippen molar-refractivity contribution >= 4 is 23.7 Å². The standard InChI is InChI=1S/C10H12FNOS.C6H13NO2/c11-9-3-1-8(2-4-9)10(5-6-13)12-7-14;1-3-9-6(8)4-5-7-2/h1-4,7,10,13H,5-6H2,(H,12,14);7H,3-5H2,1-2H3/t10-;/m1./s1. The van der Waals surface area contributed by atoms with Crippen molar-refractivity contribution < 1.29 is 19.0 Å². The van der Waals surface area contributed by atoms with Crippen molar-refractivity contribution in [1.29, 1.82) is 0 Å². The van der Waals surface area contributed by atoms with Crippen molar-refractivity contribution in [2.24, 2.45) is 0 Å². The van der Waals surface area contributed by atoms with Crippen molar-refractivity contribution in [2.45, 2.75) is 25.8 Å². The summed E-state index contributed by atoms with van der Waals surface area (Å²) in [5.41, 5.74) is 2.32. The van der Waals surface area contributed by atoms with Gasteiger partial charge in [-0.3, -0.25) is 4.79 Å². The number of ether oxygens (including phenoxy) is 1. The van der Waals surface area contributed by atoms with E-state index in [1.54, 1.807) is 26.1 Å². The maximum absolute atomic E-state index is 12.6. The molecule has 0 spiro atoms. The Morgan fingerprint density at radius 1 is 1.43 bits per heavy atom. The molecule has 7 heteroatoms. The molecule has 1 rings (SSSR count). The van der Waals surface area contributed by atoms with Gasteiger partial charge in [0.05, 0.1) is 24.6 Å². The monoisotopic (exact) mass is 344 g/mol. The van der Waals surface area contributed by atoms with Crippen LogP contribution in [0.1, 0.15) is 31.4 Å². The van der Waals surface area contributed by atoms with E-state index in [-0.39, 0.29) is 24.4 Å². The number of hydrogen-bond donors (Lipinski definition) is 3. The topological polar surface area (TPSA) is 70.6 Å². The number of aliphatic hydroxyl groups excluding tert-OH is 1. The molecule has 0 amide bonds. The quantitative estimate of drug-likeness (QED) is 0.470. The summed E-state index contributed by atoms with van der Waals surface area (Å²) < 4.78 is 17.3. The minimum absolute atomic E-state index is 0.0434. The van der Waals surface area contributed by atoms with E-state index in [4.69, 9.17) is 5.11 Å². The van der Waals surface area contributed by atoms with Crippen LogP contribution >= 0.6 is 12.2 Å². The van der Waals surface area contributed by atoms with E-state index >= 15 is 0 Å². The number of thiocarbonyl (C=S) groups is 1. The molecule has 0 saturated carbocycles. The fourth-order valence-corrected chi connectivity index (χ4v) is 1.88. The average molecular weight is 344 g/mol. The number of hydrogen-bond acceptors (Lipinski definition) is 5. The second kappa shape index (κ2) is 14.0. The molecule has 0 aromatic heterocycles. The molecular formula is C16H25FN2O3S. The smallest absolute Gasteiger partial charge is 0.307 e. The Balaban J connectivity index is 0.000000468. The van der Waals surface area contributed by atoms with Gasteiger partial charge in [-0.2, -0.15) is 0 Å². The Hall–Kier alpha value is -1.57. The van der Waals surface area contributed by atoms with Crippen LogP contribution in [0.25, 0.3) is 0 Å². The van der Waals surface area contributed by atoms with E-state index in [2.05, 4.69) is 27.6 Å². The summed E-state index contributed by atoms with van der Waals surface area (Å²) in [7, 11) is 1.80. The van der Waals surface area contributed by atoms with Gasteiger partial charge in [-0.1, -0.05) is 24.4 Å². The lowest BCUT2D eigenvalue weighted by atomic mass is 10.0. The Labute approximate surface area is 142 Å². The molecule has 0 saturated heterocycles. The van der Waals surface area contributed by atoms with Gasteiger partial charge < -0.3 is 20.5 Å². The largest absolute Gasteiger partial charge is 0.466 e. The van der Waals surface area contributed by atoms with Crippen LogP contribution < -0.4 is 10.6 Å². The van der Waals surface area contributed by atoms with Crippen LogP contribution in [-0.4, -0.2) is 43.4 Å². The molecular weight excluding hydrogens is 319 g/mol. The number of aliphatic hydroxyl groups is 1. The van der Waals surface area contributed by atoms with Crippen LogP contribution in [0.3, 0.4) is 0 Å². The van der Waals surface area contributed by atoms with Gasteiger partial charge in [0.15, 0.2) is 0 Å². The molecule has 0 aliphatic heterocycles. The van der Waals surface area contributed by atoms with E-state index < -0.39 is 0 Å². The molecule has 0 aliphatic rings. The average Bonchev–Trinajstić information content (AvgIpc) is 2.54. The molecule has 130 valence electrons. The van der Waals surface area contributed by atoms with Crippen molar-refractivity contribution in [2.75, 3.05) is 26.8 Å². The van der Waals surface area contributed by atoms with Crippen LogP contribution in [0.15, 0.2) is 24.3 Å². The van der Waals surface area contributed by atoms with Crippen LogP contribution in [0.2, 0.25) is 0 Å². The Bertz CT molecular complexity index is 443. The third-order valence-corrected chi connectivity index (χ3v) is 2.98. The number of carbonyl (C=O) groups excluding carboxylic acids is 1. The molecule has 1 aromatic carbocycles. The zero-order valence-electron chi connectivity index (χ0n) is 13.5. The van der Waals surface area contributed by atoms with E-state index in [1.807, 2.05) is 0 Å². The molecule has 0 radical (unpaired) electrons. The molecule has 0 fully saturated rings. The summed E-state index contributed by atoms with van der Waals surface area (Å²) in [6.07, 6.45) is 1.02. The third-order valence-electron chi connectivity index (χ3n) is 2.84. The molecule has 0 heterocycles. The SMILES string of the molecule is CCOC(=O)CCNC.OCC[C@@H](NC=S)c1ccc(F)cc1. The second-order valence-electron chi connectivity index (χ2n) is 4.56. The minimum atomic E-state index is -0.265. The number of carbonyl (C=O) groups is 1. The fraction of sp³-hybridized carbons (Fsp3) is 0.500. The van der Waals surface area contributed by atoms with Crippen LogP contribution in [0, 0.1) is 5.82 Å². The lowest BCUT2D eigenvalue weighted by Crippen LogP contribution is -2.19. The number of nitrogens with one attached hydrogen (secondary N) is 2. The van der Waals surface area contributed by atoms with E-state index in [0.717, 1.165) is 5.56 Å². The highest BCUT2D eigenvalue weighted by atomic mass is 32.1. The normalized spacial score (nSPS) is 11.0. The second-order valence-corrected chi connectivity index (χ2v) is 4.80. The third kappa shape index (κ3) is 10.7. The van der Waals surface area contributed by atoms with Gasteiger partial charge in [0.1, 0.15) is 5.82 Å². The first-order valence-corrected chi connectivity index (χ1v) is 7.92. The molecule has 0 bridgehead atoms. The van der Waals surface area contributed by atoms with Crippen LogP contribution in [0.5, 0.6) is 0 Å². The first kappa shape index (κ1) is 21.4. The highest BCUT2D eigenvalue weighted by Gasteiger charge is 2.08. The van der Waals surface area contributed by atoms with Gasteiger partial charge in [0, 0.05) is 13.2 Å². The minimum Gasteiger partial charge on any atom is -0.466 e. The van der Waals surface area contributed by atoms with E-state index in [0.29, 0.717) is 26.0 Å². The number of esters is 1. The van der Waals surface area contributed by atoms with Gasteiger partial charge >= 0.3 is 5.97 Å². The lowest BCUT2D eigenvalue weighted by molar-refractivity contribution is -0.142. The Morgan fingerprint density at radius 3 is 2.57 bits per heavy atom. The zero-order valence-corrected chi connectivity index (χ0v) is 14.4. The predicted octanol–water partition coefficient (Wildman–Crippen LogP) is 1.95. The molecule has 1 atom stereocenters. The summed E-state index contributed by atoms with van der Waals surface area (Å²) in [5, 5.41) is 14.6. The maximum Gasteiger partial charge on any atom is 0.307 e. The summed E-state index contributed by atoms with van der Waals surface area (Å²) in [5.74, 6) is -0.397. The number of benzene rings is 1. The number of rotatable bonds is 9. The molecule has 0 aliphatic carbocycles. The van der Waals surface area contributed by atoms with Gasteiger partial charge in [-0.25, -0.2) is 4.39 Å². The van der Waals surface area contributed by atoms with Gasteiger partial charge in [0.25, 0.3) is 0 Å². The summed E-state index contributed by atoms with van der Waals surface area (Å²) >= 11 is 4.68. The van der Waals surface area contributed by atoms with E-state index in [9.17, 15) is 9.18 Å². The highest BCUT2D eigenvalue weighted by Crippen LogP contribution is 2.16. The Morgan fingerprint density at radius 2 is 2.09 bits per heavy atom. The Kier molecular flexibility index (Phi) is 13.1. The van der Waals surface area contributed by atoms with Crippen LogP contribution in [0.4, 0.5) is 4.39 Å². The van der Waals surface area contributed by atoms with Gasteiger partial charge in [-0.15, -0.1) is 0 Å². The predicted molar refractivity (Wildman–Crippen MR) is 92.8 cm³/mol. The maximum atomic E-state index is 12.6. The fourth-order valence-electron chi connectivity index (χ4n) is 1.71. The molecule has 23 heavy (non-hydrogen) atoms. The summed E-state index contributed by atoms with van der Waals surface area (Å²) in [4.78, 5) is 10.5. The van der Waals surface area contributed by atoms with Crippen molar-refractivity contribution in [3.05, 3.63) is 35.6 Å². The van der Waals surface area contributed by atoms with Crippen LogP contribution in [-0.2, 0) is 9.53 Å². The molecule has 3 N–H and O–H groups in total.